The van der Waals surface area contributed by atoms with Gasteiger partial charge >= 0.3 is 24.2 Å². The highest BCUT2D eigenvalue weighted by atomic mass is 16.6. The smallest absolute Gasteiger partial charge is 0.420 e. The molecule has 11 heteroatoms. The zero-order valence-electron chi connectivity index (χ0n) is 19.8. The Morgan fingerprint density at radius 2 is 1.19 bits per heavy atom. The summed E-state index contributed by atoms with van der Waals surface area (Å²) in [7, 11) is 0. The summed E-state index contributed by atoms with van der Waals surface area (Å²) in [6.45, 7) is 13.9. The Kier molecular flexibility index (Phi) is 9.77. The Bertz CT molecular complexity index is 629. The minimum atomic E-state index is -1.81. The van der Waals surface area contributed by atoms with Gasteiger partial charge in [-0.15, -0.1) is 0 Å². The first kappa shape index (κ1) is 28.4. The molecule has 2 unspecified atom stereocenters. The van der Waals surface area contributed by atoms with Gasteiger partial charge in [-0.3, -0.25) is 0 Å². The van der Waals surface area contributed by atoms with Crippen molar-refractivity contribution < 1.29 is 43.6 Å². The highest BCUT2D eigenvalue weighted by Gasteiger charge is 2.41. The van der Waals surface area contributed by atoms with Crippen LogP contribution in [0, 0.1) is 0 Å². The maximum atomic E-state index is 12.6. The number of imide groups is 1. The third kappa shape index (κ3) is 12.7. The van der Waals surface area contributed by atoms with E-state index in [1.165, 1.54) is 0 Å². The molecule has 0 aliphatic rings. The molecular formula is C20H36N2O9. The number of carboxylic acid groups (broad SMARTS) is 1. The molecule has 0 saturated carbocycles. The standard InChI is InChI=1S/C20H36N2O9/c1-18(2,3)29-15(26)21-11-12(23)10-13(14(24)25)22(16(27)30-19(4,5)6)17(28)31-20(7,8)9/h12-13,23H,10-11H2,1-9H3,(H,21,26)(H,24,25). The van der Waals surface area contributed by atoms with E-state index in [4.69, 9.17) is 14.2 Å². The molecule has 0 heterocycles. The fraction of sp³-hybridized carbons (Fsp3) is 0.800. The molecule has 31 heavy (non-hydrogen) atoms. The van der Waals surface area contributed by atoms with Gasteiger partial charge in [0.05, 0.1) is 6.10 Å². The molecule has 2 atom stereocenters. The van der Waals surface area contributed by atoms with E-state index in [2.05, 4.69) is 5.32 Å². The first-order valence-electron chi connectivity index (χ1n) is 9.85. The SMILES string of the molecule is CC(C)(C)OC(=O)NCC(O)CC(C(=O)O)N(C(=O)OC(C)(C)C)C(=O)OC(C)(C)C. The van der Waals surface area contributed by atoms with Crippen molar-refractivity contribution in [2.75, 3.05) is 6.54 Å². The summed E-state index contributed by atoms with van der Waals surface area (Å²) in [6.07, 6.45) is -5.28. The molecule has 3 N–H and O–H groups in total. The molecule has 11 nitrogen and oxygen atoms in total. The highest BCUT2D eigenvalue weighted by molar-refractivity contribution is 5.93. The van der Waals surface area contributed by atoms with Gasteiger partial charge in [-0.1, -0.05) is 0 Å². The second-order valence-corrected chi connectivity index (χ2v) is 9.96. The van der Waals surface area contributed by atoms with Crippen LogP contribution in [0.3, 0.4) is 0 Å². The average Bonchev–Trinajstić information content (AvgIpc) is 2.46. The minimum absolute atomic E-state index is 0.315. The van der Waals surface area contributed by atoms with Crippen LogP contribution in [0.2, 0.25) is 0 Å². The molecule has 0 rings (SSSR count). The summed E-state index contributed by atoms with van der Waals surface area (Å²) in [5.74, 6) is -1.56. The third-order valence-corrected chi connectivity index (χ3v) is 3.15. The number of nitrogens with zero attached hydrogens (tertiary/aromatic N) is 1. The molecule has 0 aliphatic carbocycles. The molecule has 180 valence electrons. The van der Waals surface area contributed by atoms with Gasteiger partial charge in [0.2, 0.25) is 0 Å². The van der Waals surface area contributed by atoms with Crippen LogP contribution >= 0.6 is 0 Å². The number of aliphatic carboxylic acids is 1. The van der Waals surface area contributed by atoms with Crippen molar-refractivity contribution in [1.82, 2.24) is 10.2 Å². The zero-order valence-corrected chi connectivity index (χ0v) is 19.8. The molecule has 0 aromatic carbocycles. The lowest BCUT2D eigenvalue weighted by molar-refractivity contribution is -0.144. The van der Waals surface area contributed by atoms with E-state index in [-0.39, 0.29) is 6.54 Å². The van der Waals surface area contributed by atoms with Gasteiger partial charge in [-0.25, -0.2) is 19.2 Å². The highest BCUT2D eigenvalue weighted by Crippen LogP contribution is 2.19. The van der Waals surface area contributed by atoms with Crippen molar-refractivity contribution in [1.29, 1.82) is 0 Å². The van der Waals surface area contributed by atoms with Gasteiger partial charge in [0.15, 0.2) is 0 Å². The number of amides is 3. The molecule has 3 amide bonds. The largest absolute Gasteiger partial charge is 0.480 e. The lowest BCUT2D eigenvalue weighted by Gasteiger charge is -2.32. The normalized spacial score (nSPS) is 14.1. The second-order valence-electron chi connectivity index (χ2n) is 9.96. The van der Waals surface area contributed by atoms with E-state index in [1.54, 1.807) is 62.3 Å². The van der Waals surface area contributed by atoms with E-state index in [0.29, 0.717) is 4.90 Å². The number of ether oxygens (including phenoxy) is 3. The Morgan fingerprint density at radius 3 is 1.52 bits per heavy atom. The molecule has 0 bridgehead atoms. The van der Waals surface area contributed by atoms with Crippen molar-refractivity contribution in [2.45, 2.75) is 97.7 Å². The third-order valence-electron chi connectivity index (χ3n) is 3.15. The summed E-state index contributed by atoms with van der Waals surface area (Å²) in [4.78, 5) is 49.1. The second kappa shape index (κ2) is 10.7. The predicted molar refractivity (Wildman–Crippen MR) is 111 cm³/mol. The van der Waals surface area contributed by atoms with Gasteiger partial charge in [-0.05, 0) is 62.3 Å². The van der Waals surface area contributed by atoms with E-state index < -0.39 is 59.6 Å². The number of carbonyl (C=O) groups excluding carboxylic acids is 3. The molecule has 0 saturated heterocycles. The summed E-state index contributed by atoms with van der Waals surface area (Å²) in [5.41, 5.74) is -2.79. The zero-order chi connectivity index (χ0) is 24.8. The number of hydrogen-bond donors (Lipinski definition) is 3. The Morgan fingerprint density at radius 1 is 0.806 bits per heavy atom. The van der Waals surface area contributed by atoms with E-state index >= 15 is 0 Å². The van der Waals surface area contributed by atoms with Gasteiger partial charge in [-0.2, -0.15) is 4.90 Å². The lowest BCUT2D eigenvalue weighted by atomic mass is 10.1. The Labute approximate surface area is 183 Å². The number of nitrogens with one attached hydrogen (secondary N) is 1. The molecule has 0 aliphatic heterocycles. The number of carboxylic acids is 1. The van der Waals surface area contributed by atoms with Crippen LogP contribution in [-0.4, -0.2) is 74.9 Å². The average molecular weight is 449 g/mol. The summed E-state index contributed by atoms with van der Waals surface area (Å²) in [6, 6.07) is -1.81. The maximum absolute atomic E-state index is 12.6. The van der Waals surface area contributed by atoms with Gasteiger partial charge in [0.1, 0.15) is 22.8 Å². The molecule has 0 radical (unpaired) electrons. The maximum Gasteiger partial charge on any atom is 0.420 e. The van der Waals surface area contributed by atoms with Crippen molar-refractivity contribution in [3.8, 4) is 0 Å². The number of hydrogen-bond acceptors (Lipinski definition) is 8. The van der Waals surface area contributed by atoms with Crippen molar-refractivity contribution >= 4 is 24.2 Å². The fourth-order valence-electron chi connectivity index (χ4n) is 2.12. The molecule has 0 aromatic heterocycles. The summed E-state index contributed by atoms with van der Waals surface area (Å²) in [5, 5.41) is 22.2. The Balaban J connectivity index is 5.53. The molecule has 0 fully saturated rings. The van der Waals surface area contributed by atoms with Crippen LogP contribution in [0.5, 0.6) is 0 Å². The van der Waals surface area contributed by atoms with E-state index in [0.717, 1.165) is 0 Å². The quantitative estimate of drug-likeness (QED) is 0.521. The topological polar surface area (TPSA) is 152 Å². The molecular weight excluding hydrogens is 412 g/mol. The molecule has 0 aromatic rings. The number of aliphatic hydroxyl groups excluding tert-OH is 1. The van der Waals surface area contributed by atoms with Crippen molar-refractivity contribution in [3.63, 3.8) is 0 Å². The minimum Gasteiger partial charge on any atom is -0.480 e. The van der Waals surface area contributed by atoms with Crippen LogP contribution in [-0.2, 0) is 19.0 Å². The lowest BCUT2D eigenvalue weighted by Crippen LogP contribution is -2.53. The van der Waals surface area contributed by atoms with Crippen molar-refractivity contribution in [3.05, 3.63) is 0 Å². The number of carbonyl (C=O) groups is 4. The van der Waals surface area contributed by atoms with Gasteiger partial charge < -0.3 is 29.7 Å². The number of aliphatic hydroxyl groups is 1. The monoisotopic (exact) mass is 448 g/mol. The summed E-state index contributed by atoms with van der Waals surface area (Å²) < 4.78 is 15.3. The predicted octanol–water partition coefficient (Wildman–Crippen LogP) is 2.89. The van der Waals surface area contributed by atoms with E-state index in [9.17, 15) is 29.4 Å². The van der Waals surface area contributed by atoms with Gasteiger partial charge in [0.25, 0.3) is 0 Å². The van der Waals surface area contributed by atoms with Crippen LogP contribution < -0.4 is 5.32 Å². The molecule has 0 spiro atoms. The van der Waals surface area contributed by atoms with Crippen LogP contribution in [0.15, 0.2) is 0 Å². The first-order valence-corrected chi connectivity index (χ1v) is 9.85. The van der Waals surface area contributed by atoms with Crippen LogP contribution in [0.1, 0.15) is 68.7 Å². The fourth-order valence-corrected chi connectivity index (χ4v) is 2.12. The van der Waals surface area contributed by atoms with Crippen LogP contribution in [0.4, 0.5) is 14.4 Å². The number of rotatable bonds is 6. The first-order chi connectivity index (χ1) is 13.7. The number of alkyl carbamates (subject to hydrolysis) is 1. The van der Waals surface area contributed by atoms with Gasteiger partial charge in [0, 0.05) is 13.0 Å². The Hall–Kier alpha value is -2.56. The van der Waals surface area contributed by atoms with Crippen LogP contribution in [0.25, 0.3) is 0 Å². The van der Waals surface area contributed by atoms with E-state index in [1.807, 2.05) is 0 Å². The summed E-state index contributed by atoms with van der Waals surface area (Å²) >= 11 is 0. The van der Waals surface area contributed by atoms with Crippen molar-refractivity contribution in [2.24, 2.45) is 0 Å².